The predicted molar refractivity (Wildman–Crippen MR) is 123 cm³/mol. The third kappa shape index (κ3) is 5.73. The van der Waals surface area contributed by atoms with Gasteiger partial charge in [0.2, 0.25) is 0 Å². The second-order valence-corrected chi connectivity index (χ2v) is 7.25. The maximum atomic E-state index is 12.9. The lowest BCUT2D eigenvalue weighted by molar-refractivity contribution is -0.156. The zero-order valence-corrected chi connectivity index (χ0v) is 18.9. The average molecular weight is 439 g/mol. The van der Waals surface area contributed by atoms with Gasteiger partial charge in [0.1, 0.15) is 18.2 Å². The summed E-state index contributed by atoms with van der Waals surface area (Å²) in [5, 5.41) is 0.611. The van der Waals surface area contributed by atoms with Gasteiger partial charge in [-0.3, -0.25) is 9.36 Å². The van der Waals surface area contributed by atoms with Crippen LogP contribution in [0.25, 0.3) is 10.9 Å². The summed E-state index contributed by atoms with van der Waals surface area (Å²) < 4.78 is 18.1. The lowest BCUT2D eigenvalue weighted by Crippen LogP contribution is -2.29. The molecule has 1 atom stereocenters. The molecule has 0 unspecified atom stereocenters. The van der Waals surface area contributed by atoms with Crippen LogP contribution in [0.2, 0.25) is 0 Å². The number of esters is 1. The van der Waals surface area contributed by atoms with Gasteiger partial charge in [-0.1, -0.05) is 31.2 Å². The highest BCUT2D eigenvalue weighted by molar-refractivity contribution is 5.77. The lowest BCUT2D eigenvalue weighted by atomic mass is 10.1. The molecule has 0 aliphatic heterocycles. The Morgan fingerprint density at radius 2 is 1.78 bits per heavy atom. The van der Waals surface area contributed by atoms with Gasteiger partial charge in [-0.05, 0) is 43.7 Å². The Hall–Kier alpha value is -3.19. The zero-order chi connectivity index (χ0) is 22.9. The quantitative estimate of drug-likeness (QED) is 0.426. The monoisotopic (exact) mass is 438 g/mol. The van der Waals surface area contributed by atoms with E-state index in [2.05, 4.69) is 4.98 Å². The highest BCUT2D eigenvalue weighted by Crippen LogP contribution is 2.15. The molecule has 0 aliphatic rings. The fourth-order valence-electron chi connectivity index (χ4n) is 3.55. The molecule has 32 heavy (non-hydrogen) atoms. The first-order chi connectivity index (χ1) is 15.6. The fraction of sp³-hybridized carbons (Fsp3) is 0.400. The topological polar surface area (TPSA) is 79.7 Å². The number of carbonyl (C=O) groups is 1. The third-order valence-corrected chi connectivity index (χ3v) is 5.10. The first-order valence-corrected chi connectivity index (χ1v) is 11.1. The average Bonchev–Trinajstić information content (AvgIpc) is 2.81. The van der Waals surface area contributed by atoms with Crippen LogP contribution in [0.5, 0.6) is 5.75 Å². The molecule has 2 aromatic carbocycles. The van der Waals surface area contributed by atoms with Crippen molar-refractivity contribution in [3.05, 3.63) is 70.3 Å². The first kappa shape index (κ1) is 23.5. The van der Waals surface area contributed by atoms with E-state index in [0.717, 1.165) is 16.9 Å². The normalized spacial score (nSPS) is 12.0. The number of ether oxygens (including phenoxy) is 3. The van der Waals surface area contributed by atoms with Gasteiger partial charge in [0, 0.05) is 19.4 Å². The fourth-order valence-corrected chi connectivity index (χ4v) is 3.55. The second-order valence-electron chi connectivity index (χ2n) is 7.25. The molecule has 3 aromatic rings. The molecule has 7 heteroatoms. The minimum absolute atomic E-state index is 0.0488. The van der Waals surface area contributed by atoms with E-state index < -0.39 is 6.10 Å². The van der Waals surface area contributed by atoms with E-state index in [1.807, 2.05) is 56.3 Å². The second kappa shape index (κ2) is 11.4. The highest BCUT2D eigenvalue weighted by Gasteiger charge is 2.20. The van der Waals surface area contributed by atoms with Crippen LogP contribution in [-0.4, -0.2) is 41.4 Å². The summed E-state index contributed by atoms with van der Waals surface area (Å²) in [5.41, 5.74) is 1.62. The Labute approximate surface area is 187 Å². The molecule has 7 nitrogen and oxygen atoms in total. The van der Waals surface area contributed by atoms with E-state index in [1.165, 1.54) is 0 Å². The number of carbonyl (C=O) groups excluding carboxylic acids is 1. The standard InChI is InChI=1S/C25H30N2O5/c1-4-23-26-21-10-8-7-9-20(21)24(28)27(23)15-16-32-19-13-11-18(12-14-19)17-22(30-5-2)25(29)31-6-3/h7-14,22H,4-6,15-17H2,1-3H3/t22-/m1/s1. The number of hydrogen-bond donors (Lipinski definition) is 0. The number of aryl methyl sites for hydroxylation is 1. The summed E-state index contributed by atoms with van der Waals surface area (Å²) in [6.07, 6.45) is 0.479. The molecule has 170 valence electrons. The van der Waals surface area contributed by atoms with Crippen LogP contribution in [0.1, 0.15) is 32.2 Å². The van der Waals surface area contributed by atoms with Crippen LogP contribution in [0, 0.1) is 0 Å². The van der Waals surface area contributed by atoms with Gasteiger partial charge in [-0.2, -0.15) is 0 Å². The van der Waals surface area contributed by atoms with Crippen LogP contribution in [0.15, 0.2) is 53.3 Å². The number of hydrogen-bond acceptors (Lipinski definition) is 6. The van der Waals surface area contributed by atoms with Crippen molar-refractivity contribution >= 4 is 16.9 Å². The van der Waals surface area contributed by atoms with Crippen LogP contribution >= 0.6 is 0 Å². The van der Waals surface area contributed by atoms with Crippen molar-refractivity contribution in [1.82, 2.24) is 9.55 Å². The van der Waals surface area contributed by atoms with Gasteiger partial charge in [-0.15, -0.1) is 0 Å². The van der Waals surface area contributed by atoms with E-state index in [4.69, 9.17) is 14.2 Å². The number of para-hydroxylation sites is 1. The number of nitrogens with zero attached hydrogens (tertiary/aromatic N) is 2. The molecule has 0 spiro atoms. The Morgan fingerprint density at radius 1 is 1.03 bits per heavy atom. The maximum absolute atomic E-state index is 12.9. The molecular formula is C25H30N2O5. The number of aromatic nitrogens is 2. The summed E-state index contributed by atoms with van der Waals surface area (Å²) in [6, 6.07) is 14.9. The highest BCUT2D eigenvalue weighted by atomic mass is 16.6. The molecule has 1 heterocycles. The minimum atomic E-state index is -0.619. The van der Waals surface area contributed by atoms with Crippen LogP contribution in [-0.2, 0) is 33.7 Å². The molecule has 3 rings (SSSR count). The van der Waals surface area contributed by atoms with Crippen molar-refractivity contribution in [1.29, 1.82) is 0 Å². The minimum Gasteiger partial charge on any atom is -0.492 e. The van der Waals surface area contributed by atoms with E-state index in [-0.39, 0.29) is 11.5 Å². The van der Waals surface area contributed by atoms with Crippen molar-refractivity contribution in [2.75, 3.05) is 19.8 Å². The molecule has 0 fully saturated rings. The Kier molecular flexibility index (Phi) is 8.39. The Bertz CT molecular complexity index is 1090. The van der Waals surface area contributed by atoms with Gasteiger partial charge in [0.15, 0.2) is 6.10 Å². The molecule has 0 amide bonds. The maximum Gasteiger partial charge on any atom is 0.335 e. The van der Waals surface area contributed by atoms with Crippen molar-refractivity contribution in [3.8, 4) is 5.75 Å². The van der Waals surface area contributed by atoms with Gasteiger partial charge in [0.25, 0.3) is 5.56 Å². The summed E-state index contributed by atoms with van der Waals surface area (Å²) >= 11 is 0. The van der Waals surface area contributed by atoms with E-state index >= 15 is 0 Å². The lowest BCUT2D eigenvalue weighted by Gasteiger charge is -2.16. The number of benzene rings is 2. The SMILES string of the molecule is CCOC(=O)[C@@H](Cc1ccc(OCCn2c(CC)nc3ccccc3c2=O)cc1)OCC. The van der Waals surface area contributed by atoms with Gasteiger partial charge in [0.05, 0.1) is 24.1 Å². The molecule has 0 saturated heterocycles. The number of fused-ring (bicyclic) bond motifs is 1. The summed E-state index contributed by atoms with van der Waals surface area (Å²) in [4.78, 5) is 29.5. The van der Waals surface area contributed by atoms with E-state index in [0.29, 0.717) is 50.3 Å². The predicted octanol–water partition coefficient (Wildman–Crippen LogP) is 3.55. The van der Waals surface area contributed by atoms with Gasteiger partial charge >= 0.3 is 5.97 Å². The van der Waals surface area contributed by atoms with Crippen LogP contribution in [0.4, 0.5) is 0 Å². The molecule has 0 bridgehead atoms. The molecule has 0 radical (unpaired) electrons. The molecule has 1 aromatic heterocycles. The van der Waals surface area contributed by atoms with Crippen molar-refractivity contribution < 1.29 is 19.0 Å². The molecular weight excluding hydrogens is 408 g/mol. The molecule has 0 aliphatic carbocycles. The smallest absolute Gasteiger partial charge is 0.335 e. The van der Waals surface area contributed by atoms with E-state index in [1.54, 1.807) is 17.6 Å². The third-order valence-electron chi connectivity index (χ3n) is 5.10. The van der Waals surface area contributed by atoms with Crippen molar-refractivity contribution in [2.24, 2.45) is 0 Å². The summed E-state index contributed by atoms with van der Waals surface area (Å²) in [7, 11) is 0. The van der Waals surface area contributed by atoms with Crippen molar-refractivity contribution in [2.45, 2.75) is 46.3 Å². The van der Waals surface area contributed by atoms with Crippen LogP contribution < -0.4 is 10.3 Å². The van der Waals surface area contributed by atoms with Crippen molar-refractivity contribution in [3.63, 3.8) is 0 Å². The van der Waals surface area contributed by atoms with Gasteiger partial charge < -0.3 is 14.2 Å². The van der Waals surface area contributed by atoms with E-state index in [9.17, 15) is 9.59 Å². The number of rotatable bonds is 11. The zero-order valence-electron chi connectivity index (χ0n) is 18.9. The largest absolute Gasteiger partial charge is 0.492 e. The van der Waals surface area contributed by atoms with Gasteiger partial charge in [-0.25, -0.2) is 9.78 Å². The molecule has 0 N–H and O–H groups in total. The Morgan fingerprint density at radius 3 is 2.47 bits per heavy atom. The summed E-state index contributed by atoms with van der Waals surface area (Å²) in [5.74, 6) is 1.09. The first-order valence-electron chi connectivity index (χ1n) is 11.1. The Balaban J connectivity index is 1.63. The summed E-state index contributed by atoms with van der Waals surface area (Å²) in [6.45, 7) is 7.13. The molecule has 0 saturated carbocycles. The van der Waals surface area contributed by atoms with Crippen LogP contribution in [0.3, 0.4) is 0 Å².